The second-order valence-electron chi connectivity index (χ2n) is 20.6. The van der Waals surface area contributed by atoms with Gasteiger partial charge in [0.25, 0.3) is 0 Å². The van der Waals surface area contributed by atoms with Crippen LogP contribution in [0.4, 0.5) is 0 Å². The molecule has 0 saturated heterocycles. The lowest BCUT2D eigenvalue weighted by molar-refractivity contribution is 1.09. The number of hydrogen-bond donors (Lipinski definition) is 0. The molecule has 0 saturated carbocycles. The molecule has 0 bridgehead atoms. The van der Waals surface area contributed by atoms with Crippen LogP contribution in [0.15, 0.2) is 212 Å². The molecule has 3 aromatic heterocycles. The molecule has 11 heteroatoms. The van der Waals surface area contributed by atoms with Gasteiger partial charge in [-0.05, 0) is 167 Å². The average Bonchev–Trinajstić information content (AvgIpc) is 1.73. The van der Waals surface area contributed by atoms with Crippen molar-refractivity contribution in [2.45, 2.75) is 0 Å². The minimum absolute atomic E-state index is 0.355. The number of nitrogens with zero attached hydrogens (tertiary/aromatic N) is 11. The predicted octanol–water partition coefficient (Wildman–Crippen LogP) is 16.6. The van der Waals surface area contributed by atoms with Crippen LogP contribution < -0.4 is 0 Å². The Hall–Kier alpha value is -13.3. The number of nitriles is 8. The zero-order valence-electron chi connectivity index (χ0n) is 44.6. The van der Waals surface area contributed by atoms with Crippen molar-refractivity contribution < 1.29 is 0 Å². The van der Waals surface area contributed by atoms with Crippen molar-refractivity contribution >= 4 is 65.4 Å². The van der Waals surface area contributed by atoms with Gasteiger partial charge in [0, 0.05) is 43.4 Å². The van der Waals surface area contributed by atoms with Crippen LogP contribution in [0.3, 0.4) is 0 Å². The van der Waals surface area contributed by atoms with Crippen molar-refractivity contribution in [1.82, 2.24) is 13.7 Å². The summed E-state index contributed by atoms with van der Waals surface area (Å²) in [5, 5.41) is 87.8. The first-order valence-electron chi connectivity index (χ1n) is 26.8. The lowest BCUT2D eigenvalue weighted by Gasteiger charge is -2.24. The van der Waals surface area contributed by atoms with Gasteiger partial charge in [-0.3, -0.25) is 0 Å². The highest BCUT2D eigenvalue weighted by Crippen LogP contribution is 2.47. The molecule has 14 aromatic rings. The monoisotopic (exact) mass is 1080 g/mol. The number of hydrogen-bond acceptors (Lipinski definition) is 8. The third-order valence-electron chi connectivity index (χ3n) is 16.0. The fraction of sp³-hybridized carbons (Fsp3) is 0. The van der Waals surface area contributed by atoms with Gasteiger partial charge in [-0.25, -0.2) is 0 Å². The van der Waals surface area contributed by atoms with Crippen molar-refractivity contribution in [2.75, 3.05) is 0 Å². The van der Waals surface area contributed by atoms with E-state index in [9.17, 15) is 42.1 Å². The summed E-state index contributed by atoms with van der Waals surface area (Å²) >= 11 is 0. The summed E-state index contributed by atoms with van der Waals surface area (Å²) < 4.78 is 6.53. The Kier molecular flexibility index (Phi) is 11.7. The minimum Gasteiger partial charge on any atom is -0.309 e. The Morgan fingerprint density at radius 1 is 0.224 bits per heavy atom. The zero-order valence-corrected chi connectivity index (χ0v) is 44.6. The van der Waals surface area contributed by atoms with Crippen LogP contribution in [0.1, 0.15) is 44.5 Å². The summed E-state index contributed by atoms with van der Waals surface area (Å²) in [6.45, 7) is 0. The van der Waals surface area contributed by atoms with Crippen LogP contribution in [-0.4, -0.2) is 13.7 Å². The molecule has 85 heavy (non-hydrogen) atoms. The molecule has 0 unspecified atom stereocenters. The highest BCUT2D eigenvalue weighted by Gasteiger charge is 2.28. The minimum atomic E-state index is 0.355. The molecule has 0 N–H and O–H groups in total. The van der Waals surface area contributed by atoms with Crippen molar-refractivity contribution in [3.8, 4) is 110 Å². The van der Waals surface area contributed by atoms with Crippen LogP contribution >= 0.6 is 0 Å². The van der Waals surface area contributed by atoms with Crippen LogP contribution in [0.25, 0.3) is 127 Å². The van der Waals surface area contributed by atoms with E-state index in [1.165, 1.54) is 0 Å². The van der Waals surface area contributed by atoms with E-state index in [-0.39, 0.29) is 0 Å². The molecule has 0 aliphatic rings. The normalized spacial score (nSPS) is 11.0. The first-order valence-corrected chi connectivity index (χ1v) is 26.8. The van der Waals surface area contributed by atoms with Crippen molar-refractivity contribution in [1.29, 1.82) is 42.1 Å². The van der Waals surface area contributed by atoms with Gasteiger partial charge in [0.05, 0.1) is 137 Å². The molecular weight excluding hydrogens is 1040 g/mol. The van der Waals surface area contributed by atoms with Gasteiger partial charge in [-0.15, -0.1) is 0 Å². The summed E-state index contributed by atoms with van der Waals surface area (Å²) in [6.07, 6.45) is 0. The van der Waals surface area contributed by atoms with Gasteiger partial charge in [0.2, 0.25) is 0 Å². The van der Waals surface area contributed by atoms with Crippen molar-refractivity contribution in [2.24, 2.45) is 0 Å². The Labute approximate surface area is 485 Å². The lowest BCUT2D eigenvalue weighted by atomic mass is 9.95. The molecule has 3 heterocycles. The molecule has 11 nitrogen and oxygen atoms in total. The van der Waals surface area contributed by atoms with Gasteiger partial charge in [0.15, 0.2) is 0 Å². The quantitative estimate of drug-likeness (QED) is 0.150. The van der Waals surface area contributed by atoms with Gasteiger partial charge >= 0.3 is 0 Å². The standard InChI is InChI=1S/C74H35N11/c75-36-44-13-19-69(83-66-10-4-1-7-58(66)63-33-51(15-20-70(63)83)55-26-45(37-76)23-46(27-55)38-77)62(32-44)61-18-14-54(43-82)73(84-67-11-5-2-8-59(67)64-34-52(16-21-71(64)84)56-28-47(39-78)24-48(29-56)40-79)74(61)85-68-12-6-3-9-60(68)65-35-53(17-22-72(65)85)57-30-49(41-80)25-50(31-57)42-81/h1-35H. The van der Waals surface area contributed by atoms with Crippen LogP contribution in [0.2, 0.25) is 0 Å². The van der Waals surface area contributed by atoms with Crippen LogP contribution in [0, 0.1) is 90.6 Å². The molecule has 0 aliphatic carbocycles. The molecule has 0 aliphatic heterocycles. The van der Waals surface area contributed by atoms with E-state index in [2.05, 4.69) is 105 Å². The first-order chi connectivity index (χ1) is 41.7. The summed E-state index contributed by atoms with van der Waals surface area (Å²) in [6, 6.07) is 85.6. The van der Waals surface area contributed by atoms with E-state index in [1.807, 2.05) is 115 Å². The number of fused-ring (bicyclic) bond motifs is 9. The number of rotatable bonds is 7. The van der Waals surface area contributed by atoms with E-state index in [0.29, 0.717) is 78.1 Å². The predicted molar refractivity (Wildman–Crippen MR) is 329 cm³/mol. The lowest BCUT2D eigenvalue weighted by Crippen LogP contribution is -2.09. The van der Waals surface area contributed by atoms with E-state index in [0.717, 1.165) is 93.4 Å². The third-order valence-corrected chi connectivity index (χ3v) is 16.0. The molecular formula is C74H35N11. The number of para-hydroxylation sites is 3. The second kappa shape index (κ2) is 19.8. The third kappa shape index (κ3) is 7.97. The van der Waals surface area contributed by atoms with Gasteiger partial charge in [0.1, 0.15) is 6.07 Å². The number of benzene rings is 11. The molecule has 386 valence electrons. The van der Waals surface area contributed by atoms with E-state index in [1.54, 1.807) is 54.6 Å². The first kappa shape index (κ1) is 50.0. The van der Waals surface area contributed by atoms with Crippen molar-refractivity contribution in [3.63, 3.8) is 0 Å². The molecule has 0 atom stereocenters. The molecule has 11 aromatic carbocycles. The van der Waals surface area contributed by atoms with Crippen LogP contribution in [0.5, 0.6) is 0 Å². The number of aromatic nitrogens is 3. The van der Waals surface area contributed by atoms with E-state index >= 15 is 0 Å². The largest absolute Gasteiger partial charge is 0.309 e. The second-order valence-corrected chi connectivity index (χ2v) is 20.6. The fourth-order valence-corrected chi connectivity index (χ4v) is 12.3. The Morgan fingerprint density at radius 2 is 0.576 bits per heavy atom. The SMILES string of the molecule is N#Cc1cc(C#N)cc(-c2ccc3c(c2)c2ccccc2n3-c2ccc(C#N)cc2-c2ccc(C#N)c(-n3c4ccccc4c4cc(-c5cc(C#N)cc(C#N)c5)ccc43)c2-n2c3ccccc3c3cc(-c4cc(C#N)cc(C#N)c4)ccc32)c1. The maximum absolute atomic E-state index is 11.6. The molecule has 14 rings (SSSR count). The molecule has 0 spiro atoms. The van der Waals surface area contributed by atoms with Gasteiger partial charge < -0.3 is 13.7 Å². The topological polar surface area (TPSA) is 205 Å². The molecule has 0 radical (unpaired) electrons. The van der Waals surface area contributed by atoms with Gasteiger partial charge in [-0.1, -0.05) is 78.9 Å². The van der Waals surface area contributed by atoms with Gasteiger partial charge in [-0.2, -0.15) is 42.1 Å². The Balaban J connectivity index is 1.11. The molecule has 0 fully saturated rings. The van der Waals surface area contributed by atoms with E-state index < -0.39 is 0 Å². The highest BCUT2D eigenvalue weighted by atomic mass is 15.1. The maximum Gasteiger partial charge on any atom is 0.101 e. The summed E-state index contributed by atoms with van der Waals surface area (Å²) in [7, 11) is 0. The zero-order chi connectivity index (χ0) is 58.0. The summed E-state index contributed by atoms with van der Waals surface area (Å²) in [4.78, 5) is 0. The summed E-state index contributed by atoms with van der Waals surface area (Å²) in [5.74, 6) is 0. The fourth-order valence-electron chi connectivity index (χ4n) is 12.3. The molecule has 0 amide bonds. The Bertz CT molecular complexity index is 5570. The average molecular weight is 1080 g/mol. The van der Waals surface area contributed by atoms with Crippen LogP contribution in [-0.2, 0) is 0 Å². The summed E-state index contributed by atoms with van der Waals surface area (Å²) in [5.41, 5.74) is 15.7. The highest BCUT2D eigenvalue weighted by molar-refractivity contribution is 6.15. The smallest absolute Gasteiger partial charge is 0.101 e. The Morgan fingerprint density at radius 3 is 0.965 bits per heavy atom. The van der Waals surface area contributed by atoms with Crippen molar-refractivity contribution in [3.05, 3.63) is 257 Å². The van der Waals surface area contributed by atoms with E-state index in [4.69, 9.17) is 0 Å². The maximum atomic E-state index is 11.6.